The Morgan fingerprint density at radius 1 is 1.40 bits per heavy atom. The van der Waals surface area contributed by atoms with E-state index in [0.717, 1.165) is 5.69 Å². The van der Waals surface area contributed by atoms with Crippen molar-refractivity contribution in [2.75, 3.05) is 0 Å². The van der Waals surface area contributed by atoms with Crippen LogP contribution in [0.25, 0.3) is 0 Å². The predicted octanol–water partition coefficient (Wildman–Crippen LogP) is 1.90. The topological polar surface area (TPSA) is 86.0 Å². The molecule has 1 aromatic heterocycles. The third-order valence-electron chi connectivity index (χ3n) is 2.81. The van der Waals surface area contributed by atoms with E-state index in [1.807, 2.05) is 13.0 Å². The molecule has 0 fully saturated rings. The van der Waals surface area contributed by atoms with Crippen molar-refractivity contribution < 1.29 is 9.90 Å². The standard InChI is InChI=1S/C15H13N3O2/c1-10-6-12(4-5-17-10)15(20)18-9-13-3-2-11(8-16)7-14(13)19/h2-7,19H,9H2,1H3,(H,18,20). The van der Waals surface area contributed by atoms with Gasteiger partial charge in [-0.15, -0.1) is 0 Å². The zero-order valence-electron chi connectivity index (χ0n) is 10.9. The molecule has 1 aromatic carbocycles. The number of rotatable bonds is 3. The van der Waals surface area contributed by atoms with Crippen LogP contribution in [0.3, 0.4) is 0 Å². The zero-order chi connectivity index (χ0) is 14.5. The number of aromatic hydroxyl groups is 1. The number of pyridine rings is 1. The molecule has 2 N–H and O–H groups in total. The number of hydrogen-bond donors (Lipinski definition) is 2. The van der Waals surface area contributed by atoms with E-state index in [1.165, 1.54) is 6.07 Å². The Hall–Kier alpha value is -2.87. The first-order valence-corrected chi connectivity index (χ1v) is 6.03. The van der Waals surface area contributed by atoms with Crippen LogP contribution in [-0.4, -0.2) is 16.0 Å². The first-order chi connectivity index (χ1) is 9.60. The fraction of sp³-hybridized carbons (Fsp3) is 0.133. The lowest BCUT2D eigenvalue weighted by molar-refractivity contribution is 0.0950. The Balaban J connectivity index is 2.06. The molecule has 1 amide bonds. The van der Waals surface area contributed by atoms with Crippen molar-refractivity contribution in [1.29, 1.82) is 5.26 Å². The summed E-state index contributed by atoms with van der Waals surface area (Å²) in [5.74, 6) is -0.241. The Bertz CT molecular complexity index is 690. The number of phenolic OH excluding ortho intramolecular Hbond substituents is 1. The van der Waals surface area contributed by atoms with Gasteiger partial charge in [-0.25, -0.2) is 0 Å². The molecule has 100 valence electrons. The molecule has 0 saturated carbocycles. The summed E-state index contributed by atoms with van der Waals surface area (Å²) in [6.07, 6.45) is 1.57. The van der Waals surface area contributed by atoms with Gasteiger partial charge < -0.3 is 10.4 Å². The van der Waals surface area contributed by atoms with Gasteiger partial charge in [-0.3, -0.25) is 9.78 Å². The number of nitrogens with zero attached hydrogens (tertiary/aromatic N) is 2. The van der Waals surface area contributed by atoms with Gasteiger partial charge in [-0.2, -0.15) is 5.26 Å². The van der Waals surface area contributed by atoms with Crippen molar-refractivity contribution in [2.45, 2.75) is 13.5 Å². The van der Waals surface area contributed by atoms with Gasteiger partial charge in [0, 0.05) is 29.6 Å². The number of amides is 1. The van der Waals surface area contributed by atoms with Crippen LogP contribution < -0.4 is 5.32 Å². The van der Waals surface area contributed by atoms with E-state index in [-0.39, 0.29) is 18.2 Å². The molecule has 5 heteroatoms. The molecule has 2 rings (SSSR count). The van der Waals surface area contributed by atoms with E-state index in [1.54, 1.807) is 30.5 Å². The molecule has 0 spiro atoms. The van der Waals surface area contributed by atoms with Gasteiger partial charge in [0.15, 0.2) is 0 Å². The van der Waals surface area contributed by atoms with Crippen molar-refractivity contribution in [2.24, 2.45) is 0 Å². The molecule has 0 aliphatic heterocycles. The number of hydrogen-bond acceptors (Lipinski definition) is 4. The smallest absolute Gasteiger partial charge is 0.251 e. The second-order valence-electron chi connectivity index (χ2n) is 4.32. The molecule has 2 aromatic rings. The van der Waals surface area contributed by atoms with Crippen molar-refractivity contribution in [1.82, 2.24) is 10.3 Å². The summed E-state index contributed by atoms with van der Waals surface area (Å²) in [5.41, 5.74) is 2.22. The highest BCUT2D eigenvalue weighted by Crippen LogP contribution is 2.18. The third-order valence-corrected chi connectivity index (χ3v) is 2.81. The minimum absolute atomic E-state index is 0.00439. The fourth-order valence-electron chi connectivity index (χ4n) is 1.75. The maximum absolute atomic E-state index is 11.9. The molecule has 0 aliphatic rings. The molecule has 0 unspecified atom stereocenters. The Kier molecular flexibility index (Phi) is 3.96. The summed E-state index contributed by atoms with van der Waals surface area (Å²) >= 11 is 0. The monoisotopic (exact) mass is 267 g/mol. The van der Waals surface area contributed by atoms with Crippen LogP contribution in [0.2, 0.25) is 0 Å². The fourth-order valence-corrected chi connectivity index (χ4v) is 1.75. The average molecular weight is 267 g/mol. The maximum Gasteiger partial charge on any atom is 0.251 e. The summed E-state index contributed by atoms with van der Waals surface area (Å²) in [7, 11) is 0. The lowest BCUT2D eigenvalue weighted by Crippen LogP contribution is -2.23. The average Bonchev–Trinajstić information content (AvgIpc) is 2.45. The van der Waals surface area contributed by atoms with Gasteiger partial charge in [0.2, 0.25) is 0 Å². The van der Waals surface area contributed by atoms with Gasteiger partial charge in [-0.1, -0.05) is 6.07 Å². The van der Waals surface area contributed by atoms with Gasteiger partial charge in [-0.05, 0) is 31.2 Å². The van der Waals surface area contributed by atoms with Crippen molar-refractivity contribution in [3.8, 4) is 11.8 Å². The predicted molar refractivity (Wildman–Crippen MR) is 73.0 cm³/mol. The number of carbonyl (C=O) groups excluding carboxylic acids is 1. The zero-order valence-corrected chi connectivity index (χ0v) is 10.9. The number of aromatic nitrogens is 1. The van der Waals surface area contributed by atoms with Gasteiger partial charge in [0.25, 0.3) is 5.91 Å². The highest BCUT2D eigenvalue weighted by molar-refractivity contribution is 5.94. The van der Waals surface area contributed by atoms with Crippen molar-refractivity contribution in [3.05, 3.63) is 58.9 Å². The largest absolute Gasteiger partial charge is 0.508 e. The number of nitrogens with one attached hydrogen (secondary N) is 1. The second kappa shape index (κ2) is 5.85. The second-order valence-corrected chi connectivity index (χ2v) is 4.32. The summed E-state index contributed by atoms with van der Waals surface area (Å²) in [5, 5.41) is 21.2. The summed E-state index contributed by atoms with van der Waals surface area (Å²) in [6.45, 7) is 2.00. The van der Waals surface area contributed by atoms with E-state index in [2.05, 4.69) is 10.3 Å². The molecule has 20 heavy (non-hydrogen) atoms. The van der Waals surface area contributed by atoms with E-state index < -0.39 is 0 Å². The number of nitriles is 1. The highest BCUT2D eigenvalue weighted by atomic mass is 16.3. The lowest BCUT2D eigenvalue weighted by atomic mass is 10.1. The minimum atomic E-state index is -0.237. The molecule has 0 radical (unpaired) electrons. The SMILES string of the molecule is Cc1cc(C(=O)NCc2ccc(C#N)cc2O)ccn1. The summed E-state index contributed by atoms with van der Waals surface area (Å²) in [6, 6.07) is 9.84. The van der Waals surface area contributed by atoms with Crippen LogP contribution in [-0.2, 0) is 6.54 Å². The Morgan fingerprint density at radius 2 is 2.20 bits per heavy atom. The lowest BCUT2D eigenvalue weighted by Gasteiger charge is -2.07. The molecule has 0 saturated heterocycles. The van der Waals surface area contributed by atoms with Crippen LogP contribution >= 0.6 is 0 Å². The van der Waals surface area contributed by atoms with Gasteiger partial charge in [0.05, 0.1) is 11.6 Å². The summed E-state index contributed by atoms with van der Waals surface area (Å²) in [4.78, 5) is 16.0. The van der Waals surface area contributed by atoms with E-state index >= 15 is 0 Å². The van der Waals surface area contributed by atoms with Crippen LogP contribution in [0.1, 0.15) is 27.2 Å². The van der Waals surface area contributed by atoms with Crippen LogP contribution in [0.4, 0.5) is 0 Å². The van der Waals surface area contributed by atoms with E-state index in [9.17, 15) is 9.90 Å². The first kappa shape index (κ1) is 13.6. The first-order valence-electron chi connectivity index (χ1n) is 6.03. The van der Waals surface area contributed by atoms with Crippen LogP contribution in [0, 0.1) is 18.3 Å². The number of carbonyl (C=O) groups is 1. The van der Waals surface area contributed by atoms with E-state index in [0.29, 0.717) is 16.7 Å². The highest BCUT2D eigenvalue weighted by Gasteiger charge is 2.08. The quantitative estimate of drug-likeness (QED) is 0.889. The maximum atomic E-state index is 11.9. The van der Waals surface area contributed by atoms with Crippen LogP contribution in [0.15, 0.2) is 36.5 Å². The molecule has 5 nitrogen and oxygen atoms in total. The van der Waals surface area contributed by atoms with Crippen LogP contribution in [0.5, 0.6) is 5.75 Å². The molecular formula is C15H13N3O2. The number of phenols is 1. The minimum Gasteiger partial charge on any atom is -0.508 e. The number of aryl methyl sites for hydroxylation is 1. The van der Waals surface area contributed by atoms with Crippen molar-refractivity contribution >= 4 is 5.91 Å². The van der Waals surface area contributed by atoms with Crippen molar-refractivity contribution in [3.63, 3.8) is 0 Å². The Labute approximate surface area is 116 Å². The summed E-state index contributed by atoms with van der Waals surface area (Å²) < 4.78 is 0. The van der Waals surface area contributed by atoms with Gasteiger partial charge in [0.1, 0.15) is 5.75 Å². The third kappa shape index (κ3) is 3.12. The van der Waals surface area contributed by atoms with E-state index in [4.69, 9.17) is 5.26 Å². The molecule has 0 bridgehead atoms. The molecule has 1 heterocycles. The normalized spacial score (nSPS) is 9.80. The molecule has 0 atom stereocenters. The molecule has 0 aliphatic carbocycles. The Morgan fingerprint density at radius 3 is 2.85 bits per heavy atom. The molecular weight excluding hydrogens is 254 g/mol. The number of benzene rings is 1. The van der Waals surface area contributed by atoms with Gasteiger partial charge >= 0.3 is 0 Å².